The van der Waals surface area contributed by atoms with Crippen LogP contribution in [0.5, 0.6) is 0 Å². The van der Waals surface area contributed by atoms with Gasteiger partial charge in [-0.1, -0.05) is 60.7 Å². The first-order chi connectivity index (χ1) is 16.5. The van der Waals surface area contributed by atoms with Gasteiger partial charge in [-0.25, -0.2) is 9.97 Å². The van der Waals surface area contributed by atoms with Gasteiger partial charge >= 0.3 is 0 Å². The van der Waals surface area contributed by atoms with Gasteiger partial charge in [0.25, 0.3) is 0 Å². The van der Waals surface area contributed by atoms with Gasteiger partial charge in [-0.2, -0.15) is 0 Å². The minimum atomic E-state index is -0.740. The van der Waals surface area contributed by atoms with Crippen LogP contribution in [-0.4, -0.2) is 52.5 Å². The van der Waals surface area contributed by atoms with Crippen LogP contribution in [0.2, 0.25) is 0 Å². The van der Waals surface area contributed by atoms with E-state index in [1.54, 1.807) is 12.4 Å². The normalized spacial score (nSPS) is 26.8. The predicted molar refractivity (Wildman–Crippen MR) is 135 cm³/mol. The van der Waals surface area contributed by atoms with Gasteiger partial charge in [0.1, 0.15) is 0 Å². The first-order valence-electron chi connectivity index (χ1n) is 12.1. The molecule has 7 nitrogen and oxygen atoms in total. The van der Waals surface area contributed by atoms with Crippen molar-refractivity contribution in [3.8, 4) is 0 Å². The lowest BCUT2D eigenvalue weighted by atomic mass is 9.69. The molecule has 1 aromatic heterocycles. The molecule has 0 radical (unpaired) electrons. The molecule has 2 heterocycles. The number of aliphatic hydroxyl groups excluding tert-OH is 1. The number of benzene rings is 2. The molecular weight excluding hydrogens is 424 g/mol. The maximum atomic E-state index is 10.9. The lowest BCUT2D eigenvalue weighted by Gasteiger charge is -2.49. The third-order valence-electron chi connectivity index (χ3n) is 7.67. The third kappa shape index (κ3) is 4.39. The highest BCUT2D eigenvalue weighted by atomic mass is 16.3. The lowest BCUT2D eigenvalue weighted by molar-refractivity contribution is 0.0513. The standard InChI is InChI=1S/C27H34N6O/c1-32(2)27(22-11-7-4-8-12-22)15-13-26(14-16-27)20-33(25(34)31-26)23-18-29-24(30-19-23)28-17-21-9-5-3-6-10-21/h3-12,18-19,25,31,34H,13-17,20H2,1-2H3,(H,28,29,30). The number of rotatable bonds is 6. The molecular formula is C27H34N6O. The Labute approximate surface area is 201 Å². The smallest absolute Gasteiger partial charge is 0.222 e. The molecule has 3 N–H and O–H groups in total. The van der Waals surface area contributed by atoms with E-state index < -0.39 is 6.35 Å². The van der Waals surface area contributed by atoms with Crippen LogP contribution in [0.25, 0.3) is 0 Å². The zero-order valence-corrected chi connectivity index (χ0v) is 20.0. The zero-order valence-electron chi connectivity index (χ0n) is 20.0. The van der Waals surface area contributed by atoms with Gasteiger partial charge in [0.05, 0.1) is 18.1 Å². The molecule has 1 aliphatic heterocycles. The highest BCUT2D eigenvalue weighted by Crippen LogP contribution is 2.46. The second-order valence-corrected chi connectivity index (χ2v) is 9.82. The average molecular weight is 459 g/mol. The summed E-state index contributed by atoms with van der Waals surface area (Å²) in [5, 5.41) is 17.6. The van der Waals surface area contributed by atoms with Crippen molar-refractivity contribution in [2.24, 2.45) is 0 Å². The molecule has 1 saturated heterocycles. The molecule has 1 atom stereocenters. The minimum absolute atomic E-state index is 0.0295. The van der Waals surface area contributed by atoms with E-state index in [1.165, 1.54) is 11.1 Å². The average Bonchev–Trinajstić information content (AvgIpc) is 3.20. The van der Waals surface area contributed by atoms with Crippen LogP contribution >= 0.6 is 0 Å². The van der Waals surface area contributed by atoms with Crippen molar-refractivity contribution in [2.45, 2.75) is 49.7 Å². The fourth-order valence-corrected chi connectivity index (χ4v) is 5.57. The van der Waals surface area contributed by atoms with Gasteiger partial charge in [0.2, 0.25) is 5.95 Å². The highest BCUT2D eigenvalue weighted by Gasteiger charge is 2.50. The summed E-state index contributed by atoms with van der Waals surface area (Å²) in [5.74, 6) is 0.584. The van der Waals surface area contributed by atoms with Crippen molar-refractivity contribution in [1.82, 2.24) is 20.2 Å². The topological polar surface area (TPSA) is 76.5 Å². The summed E-state index contributed by atoms with van der Waals surface area (Å²) in [5.41, 5.74) is 3.30. The molecule has 0 bridgehead atoms. The molecule has 7 heteroatoms. The number of nitrogens with one attached hydrogen (secondary N) is 2. The quantitative estimate of drug-likeness (QED) is 0.522. The van der Waals surface area contributed by atoms with Crippen LogP contribution in [0.3, 0.4) is 0 Å². The number of hydrogen-bond donors (Lipinski definition) is 3. The van der Waals surface area contributed by atoms with E-state index in [0.29, 0.717) is 12.5 Å². The first-order valence-corrected chi connectivity index (χ1v) is 12.1. The molecule has 0 amide bonds. The zero-order chi connectivity index (χ0) is 23.6. The van der Waals surface area contributed by atoms with Crippen LogP contribution in [-0.2, 0) is 12.1 Å². The number of aromatic nitrogens is 2. The van der Waals surface area contributed by atoms with Crippen LogP contribution < -0.4 is 15.5 Å². The highest BCUT2D eigenvalue weighted by molar-refractivity contribution is 5.47. The van der Waals surface area contributed by atoms with E-state index in [-0.39, 0.29) is 11.1 Å². The Kier molecular flexibility index (Phi) is 6.25. The number of hydrogen-bond acceptors (Lipinski definition) is 7. The molecule has 2 fully saturated rings. The van der Waals surface area contributed by atoms with Gasteiger partial charge in [0.15, 0.2) is 6.35 Å². The monoisotopic (exact) mass is 458 g/mol. The van der Waals surface area contributed by atoms with E-state index >= 15 is 0 Å². The molecule has 5 rings (SSSR count). The summed E-state index contributed by atoms with van der Waals surface area (Å²) < 4.78 is 0. The summed E-state index contributed by atoms with van der Waals surface area (Å²) in [6.07, 6.45) is 6.90. The minimum Gasteiger partial charge on any atom is -0.361 e. The van der Waals surface area contributed by atoms with Gasteiger partial charge in [-0.05, 0) is 50.9 Å². The van der Waals surface area contributed by atoms with Gasteiger partial charge in [-0.3, -0.25) is 10.2 Å². The van der Waals surface area contributed by atoms with Crippen molar-refractivity contribution < 1.29 is 5.11 Å². The Bertz CT molecular complexity index is 1070. The largest absolute Gasteiger partial charge is 0.361 e. The van der Waals surface area contributed by atoms with Crippen molar-refractivity contribution in [3.63, 3.8) is 0 Å². The van der Waals surface area contributed by atoms with E-state index in [2.05, 4.69) is 82.1 Å². The van der Waals surface area contributed by atoms with Crippen molar-refractivity contribution >= 4 is 11.6 Å². The molecule has 1 saturated carbocycles. The van der Waals surface area contributed by atoms with Crippen LogP contribution in [0, 0.1) is 0 Å². The molecule has 1 unspecified atom stereocenters. The summed E-state index contributed by atoms with van der Waals surface area (Å²) in [7, 11) is 4.36. The summed E-state index contributed by atoms with van der Waals surface area (Å²) >= 11 is 0. The summed E-state index contributed by atoms with van der Waals surface area (Å²) in [6.45, 7) is 1.42. The van der Waals surface area contributed by atoms with Gasteiger partial charge in [-0.15, -0.1) is 0 Å². The Balaban J connectivity index is 1.24. The molecule has 3 aromatic rings. The van der Waals surface area contributed by atoms with E-state index in [4.69, 9.17) is 0 Å². The number of aliphatic hydroxyl groups is 1. The maximum absolute atomic E-state index is 10.9. The molecule has 1 spiro atoms. The molecule has 34 heavy (non-hydrogen) atoms. The Hall–Kier alpha value is -3.00. The van der Waals surface area contributed by atoms with Crippen molar-refractivity contribution in [2.75, 3.05) is 30.9 Å². The van der Waals surface area contributed by atoms with Crippen LogP contribution in [0.15, 0.2) is 73.1 Å². The van der Waals surface area contributed by atoms with E-state index in [9.17, 15) is 5.11 Å². The molecule has 1 aliphatic carbocycles. The van der Waals surface area contributed by atoms with E-state index in [1.807, 2.05) is 23.1 Å². The molecule has 2 aliphatic rings. The van der Waals surface area contributed by atoms with Crippen LogP contribution in [0.4, 0.5) is 11.6 Å². The maximum Gasteiger partial charge on any atom is 0.222 e. The Morgan fingerprint density at radius 2 is 1.59 bits per heavy atom. The first kappa shape index (κ1) is 22.8. The molecule has 178 valence electrons. The lowest BCUT2D eigenvalue weighted by Crippen LogP contribution is -2.54. The third-order valence-corrected chi connectivity index (χ3v) is 7.67. The van der Waals surface area contributed by atoms with Gasteiger partial charge in [0, 0.05) is 24.2 Å². The number of nitrogens with zero attached hydrogens (tertiary/aromatic N) is 4. The number of anilines is 2. The summed E-state index contributed by atoms with van der Waals surface area (Å²) in [6, 6.07) is 21.0. The predicted octanol–water partition coefficient (Wildman–Crippen LogP) is 3.54. The van der Waals surface area contributed by atoms with Crippen molar-refractivity contribution in [1.29, 1.82) is 0 Å². The fourth-order valence-electron chi connectivity index (χ4n) is 5.57. The second kappa shape index (κ2) is 9.33. The van der Waals surface area contributed by atoms with E-state index in [0.717, 1.165) is 37.9 Å². The fraction of sp³-hybridized carbons (Fsp3) is 0.407. The van der Waals surface area contributed by atoms with Gasteiger partial charge < -0.3 is 15.3 Å². The SMILES string of the molecule is CN(C)C1(c2ccccc2)CCC2(CC1)CN(c1cnc(NCc3ccccc3)nc1)C(O)N2. The van der Waals surface area contributed by atoms with Crippen molar-refractivity contribution in [3.05, 3.63) is 84.2 Å². The van der Waals surface area contributed by atoms with Crippen LogP contribution in [0.1, 0.15) is 36.8 Å². The summed E-state index contributed by atoms with van der Waals surface area (Å²) in [4.78, 5) is 13.3. The Morgan fingerprint density at radius 1 is 0.971 bits per heavy atom. The second-order valence-electron chi connectivity index (χ2n) is 9.82. The Morgan fingerprint density at radius 3 is 2.21 bits per heavy atom. The molecule has 2 aromatic carbocycles.